The molecule has 1 saturated carbocycles. The molecule has 0 aromatic rings. The molecule has 0 spiro atoms. The summed E-state index contributed by atoms with van der Waals surface area (Å²) in [5.74, 6) is 0.179. The van der Waals surface area contributed by atoms with Crippen molar-refractivity contribution in [2.45, 2.75) is 50.3 Å². The van der Waals surface area contributed by atoms with Crippen LogP contribution in [0, 0.1) is 0 Å². The molecule has 1 aliphatic heterocycles. The molecule has 2 aliphatic rings. The van der Waals surface area contributed by atoms with E-state index in [-0.39, 0.29) is 5.91 Å². The second-order valence-electron chi connectivity index (χ2n) is 4.58. The van der Waals surface area contributed by atoms with Crippen molar-refractivity contribution in [2.24, 2.45) is 0 Å². The molecule has 1 amide bonds. The highest BCUT2D eigenvalue weighted by molar-refractivity contribution is 5.78. The van der Waals surface area contributed by atoms with Gasteiger partial charge >= 0.3 is 0 Å². The van der Waals surface area contributed by atoms with E-state index < -0.39 is 0 Å². The minimum Gasteiger partial charge on any atom is -0.381 e. The van der Waals surface area contributed by atoms with Crippen molar-refractivity contribution < 1.29 is 9.53 Å². The minimum atomic E-state index is 0.179. The molecule has 1 aliphatic carbocycles. The maximum absolute atomic E-state index is 11.0. The summed E-state index contributed by atoms with van der Waals surface area (Å²) in [6.07, 6.45) is 5.72. The molecule has 0 aromatic carbocycles. The molecule has 2 N–H and O–H groups in total. The van der Waals surface area contributed by atoms with Crippen molar-refractivity contribution in [3.63, 3.8) is 0 Å². The van der Waals surface area contributed by atoms with Crippen molar-refractivity contribution in [2.75, 3.05) is 13.7 Å². The van der Waals surface area contributed by atoms with Crippen molar-refractivity contribution in [1.29, 1.82) is 0 Å². The van der Waals surface area contributed by atoms with Gasteiger partial charge in [-0.05, 0) is 25.7 Å². The van der Waals surface area contributed by atoms with Gasteiger partial charge in [-0.15, -0.1) is 0 Å². The molecule has 4 nitrogen and oxygen atoms in total. The highest BCUT2D eigenvalue weighted by Gasteiger charge is 2.26. The first-order chi connectivity index (χ1) is 7.28. The van der Waals surface area contributed by atoms with Crippen LogP contribution in [0.2, 0.25) is 0 Å². The van der Waals surface area contributed by atoms with Gasteiger partial charge in [-0.2, -0.15) is 0 Å². The first-order valence-corrected chi connectivity index (χ1v) is 5.83. The summed E-state index contributed by atoms with van der Waals surface area (Å²) in [4.78, 5) is 11.0. The second kappa shape index (κ2) is 4.94. The summed E-state index contributed by atoms with van der Waals surface area (Å²) in [5, 5.41) is 6.41. The molecule has 1 heterocycles. The molecular weight excluding hydrogens is 192 g/mol. The average molecular weight is 212 g/mol. The van der Waals surface area contributed by atoms with Gasteiger partial charge in [-0.25, -0.2) is 0 Å². The largest absolute Gasteiger partial charge is 0.381 e. The van der Waals surface area contributed by atoms with Gasteiger partial charge in [0.15, 0.2) is 0 Å². The monoisotopic (exact) mass is 212 g/mol. The number of nitrogens with one attached hydrogen (secondary N) is 2. The Morgan fingerprint density at radius 3 is 2.53 bits per heavy atom. The van der Waals surface area contributed by atoms with Crippen molar-refractivity contribution in [3.8, 4) is 0 Å². The third-order valence-corrected chi connectivity index (χ3v) is 3.46. The van der Waals surface area contributed by atoms with E-state index in [0.29, 0.717) is 24.6 Å². The van der Waals surface area contributed by atoms with Crippen LogP contribution in [0.25, 0.3) is 0 Å². The van der Waals surface area contributed by atoms with Gasteiger partial charge in [0.1, 0.15) is 0 Å². The van der Waals surface area contributed by atoms with E-state index in [1.165, 1.54) is 12.8 Å². The maximum Gasteiger partial charge on any atom is 0.221 e. The summed E-state index contributed by atoms with van der Waals surface area (Å²) in [6.45, 7) is 0.795. The Balaban J connectivity index is 1.70. The first kappa shape index (κ1) is 10.9. The topological polar surface area (TPSA) is 50.4 Å². The van der Waals surface area contributed by atoms with Crippen LogP contribution < -0.4 is 10.6 Å². The predicted molar refractivity (Wildman–Crippen MR) is 57.6 cm³/mol. The van der Waals surface area contributed by atoms with Crippen LogP contribution in [-0.2, 0) is 9.53 Å². The second-order valence-corrected chi connectivity index (χ2v) is 4.58. The fourth-order valence-corrected chi connectivity index (χ4v) is 2.52. The predicted octanol–water partition coefficient (Wildman–Crippen LogP) is 0.422. The van der Waals surface area contributed by atoms with Gasteiger partial charge in [0, 0.05) is 32.2 Å². The van der Waals surface area contributed by atoms with Crippen LogP contribution in [0.1, 0.15) is 32.1 Å². The Morgan fingerprint density at radius 2 is 2.00 bits per heavy atom. The zero-order chi connectivity index (χ0) is 10.7. The number of carbonyl (C=O) groups excluding carboxylic acids is 1. The van der Waals surface area contributed by atoms with E-state index in [2.05, 4.69) is 10.6 Å². The number of rotatable bonds is 3. The molecule has 2 fully saturated rings. The molecular formula is C11H20N2O2. The van der Waals surface area contributed by atoms with Crippen molar-refractivity contribution in [3.05, 3.63) is 0 Å². The number of carbonyl (C=O) groups is 1. The summed E-state index contributed by atoms with van der Waals surface area (Å²) in [6, 6.07) is 0.927. The Hall–Kier alpha value is -0.610. The molecule has 0 radical (unpaired) electrons. The summed E-state index contributed by atoms with van der Waals surface area (Å²) in [5.41, 5.74) is 0. The van der Waals surface area contributed by atoms with Gasteiger partial charge in [0.25, 0.3) is 0 Å². The SMILES string of the molecule is COC1CCC(NC2CNC(=O)C2)CC1. The van der Waals surface area contributed by atoms with Gasteiger partial charge in [-0.3, -0.25) is 4.79 Å². The Kier molecular flexibility index (Phi) is 3.59. The lowest BCUT2D eigenvalue weighted by Gasteiger charge is -2.30. The van der Waals surface area contributed by atoms with Gasteiger partial charge < -0.3 is 15.4 Å². The molecule has 1 saturated heterocycles. The molecule has 1 unspecified atom stereocenters. The number of amides is 1. The van der Waals surface area contributed by atoms with E-state index in [4.69, 9.17) is 4.74 Å². The molecule has 1 atom stereocenters. The summed E-state index contributed by atoms with van der Waals surface area (Å²) >= 11 is 0. The number of ether oxygens (including phenoxy) is 1. The lowest BCUT2D eigenvalue weighted by Crippen LogP contribution is -2.42. The number of methoxy groups -OCH3 is 1. The number of hydrogen-bond donors (Lipinski definition) is 2. The van der Waals surface area contributed by atoms with Crippen molar-refractivity contribution in [1.82, 2.24) is 10.6 Å². The highest BCUT2D eigenvalue weighted by atomic mass is 16.5. The lowest BCUT2D eigenvalue weighted by atomic mass is 9.92. The van der Waals surface area contributed by atoms with E-state index in [1.807, 2.05) is 0 Å². The van der Waals surface area contributed by atoms with Crippen LogP contribution in [-0.4, -0.2) is 37.7 Å². The average Bonchev–Trinajstić information content (AvgIpc) is 2.65. The lowest BCUT2D eigenvalue weighted by molar-refractivity contribution is -0.119. The number of hydrogen-bond acceptors (Lipinski definition) is 3. The molecule has 0 aromatic heterocycles. The third-order valence-electron chi connectivity index (χ3n) is 3.46. The Morgan fingerprint density at radius 1 is 1.27 bits per heavy atom. The maximum atomic E-state index is 11.0. The van der Waals surface area contributed by atoms with Crippen LogP contribution in [0.4, 0.5) is 0 Å². The van der Waals surface area contributed by atoms with Crippen LogP contribution in [0.15, 0.2) is 0 Å². The molecule has 86 valence electrons. The van der Waals surface area contributed by atoms with Gasteiger partial charge in [0.2, 0.25) is 5.91 Å². The minimum absolute atomic E-state index is 0.179. The van der Waals surface area contributed by atoms with E-state index in [0.717, 1.165) is 19.4 Å². The molecule has 15 heavy (non-hydrogen) atoms. The van der Waals surface area contributed by atoms with E-state index in [1.54, 1.807) is 7.11 Å². The molecule has 2 rings (SSSR count). The first-order valence-electron chi connectivity index (χ1n) is 5.83. The third kappa shape index (κ3) is 2.92. The van der Waals surface area contributed by atoms with Crippen LogP contribution >= 0.6 is 0 Å². The fourth-order valence-electron chi connectivity index (χ4n) is 2.52. The van der Waals surface area contributed by atoms with Crippen LogP contribution in [0.3, 0.4) is 0 Å². The van der Waals surface area contributed by atoms with Crippen molar-refractivity contribution >= 4 is 5.91 Å². The fraction of sp³-hybridized carbons (Fsp3) is 0.909. The molecule has 4 heteroatoms. The smallest absolute Gasteiger partial charge is 0.221 e. The standard InChI is InChI=1S/C11H20N2O2/c1-15-10-4-2-8(3-5-10)13-9-6-11(14)12-7-9/h8-10,13H,2-7H2,1H3,(H,12,14). The van der Waals surface area contributed by atoms with E-state index in [9.17, 15) is 4.79 Å². The molecule has 0 bridgehead atoms. The van der Waals surface area contributed by atoms with Gasteiger partial charge in [0.05, 0.1) is 6.10 Å². The highest BCUT2D eigenvalue weighted by Crippen LogP contribution is 2.21. The zero-order valence-electron chi connectivity index (χ0n) is 9.29. The van der Waals surface area contributed by atoms with Crippen LogP contribution in [0.5, 0.6) is 0 Å². The summed E-state index contributed by atoms with van der Waals surface area (Å²) < 4.78 is 5.33. The normalized spacial score (nSPS) is 36.6. The Bertz CT molecular complexity index is 225. The Labute approximate surface area is 90.8 Å². The summed E-state index contributed by atoms with van der Waals surface area (Å²) in [7, 11) is 1.79. The van der Waals surface area contributed by atoms with E-state index >= 15 is 0 Å². The zero-order valence-corrected chi connectivity index (χ0v) is 9.29. The quantitative estimate of drug-likeness (QED) is 0.713. The van der Waals surface area contributed by atoms with Gasteiger partial charge in [-0.1, -0.05) is 0 Å².